The minimum atomic E-state index is -1.42. The van der Waals surface area contributed by atoms with Crippen molar-refractivity contribution in [1.29, 1.82) is 0 Å². The fraction of sp³-hybridized carbons (Fsp3) is 0.368. The molecule has 158 valence electrons. The Labute approximate surface area is 169 Å². The third-order valence-electron chi connectivity index (χ3n) is 5.00. The number of H-pyrrole nitrogens is 1. The molecule has 11 nitrogen and oxygen atoms in total. The largest absolute Gasteiger partial charge is 0.394 e. The van der Waals surface area contributed by atoms with Crippen molar-refractivity contribution in [3.63, 3.8) is 0 Å². The van der Waals surface area contributed by atoms with E-state index in [0.29, 0.717) is 12.1 Å². The monoisotopic (exact) mass is 415 g/mol. The molecule has 1 aromatic carbocycles. The molecule has 0 saturated carbocycles. The van der Waals surface area contributed by atoms with Crippen molar-refractivity contribution in [3.8, 4) is 0 Å². The van der Waals surface area contributed by atoms with Gasteiger partial charge in [0.15, 0.2) is 0 Å². The van der Waals surface area contributed by atoms with Crippen molar-refractivity contribution in [2.24, 2.45) is 0 Å². The van der Waals surface area contributed by atoms with Crippen LogP contribution in [0.15, 0.2) is 52.3 Å². The zero-order valence-electron chi connectivity index (χ0n) is 15.8. The van der Waals surface area contributed by atoms with Crippen molar-refractivity contribution in [2.45, 2.75) is 37.5 Å². The summed E-state index contributed by atoms with van der Waals surface area (Å²) in [5.41, 5.74) is 0.325. The average molecular weight is 415 g/mol. The number of aliphatic hydroxyl groups excluding tert-OH is 3. The van der Waals surface area contributed by atoms with E-state index in [-0.39, 0.29) is 12.2 Å². The first-order chi connectivity index (χ1) is 14.5. The van der Waals surface area contributed by atoms with E-state index in [2.05, 4.69) is 15.3 Å². The molecule has 4 atom stereocenters. The van der Waals surface area contributed by atoms with Crippen LogP contribution >= 0.6 is 0 Å². The third-order valence-corrected chi connectivity index (χ3v) is 5.00. The van der Waals surface area contributed by atoms with E-state index in [1.807, 2.05) is 30.3 Å². The SMILES string of the molecule is O=c1[nH]c(=O)n(Cn2cc(Cc3ccccc3)nn2)cc1[C@@H]1O[C@H](CO)C(O)[C@@H]1O. The molecule has 1 aliphatic rings. The summed E-state index contributed by atoms with van der Waals surface area (Å²) < 4.78 is 8.03. The highest BCUT2D eigenvalue weighted by Crippen LogP contribution is 2.31. The van der Waals surface area contributed by atoms with E-state index in [1.54, 1.807) is 6.20 Å². The zero-order chi connectivity index (χ0) is 21.3. The first-order valence-electron chi connectivity index (χ1n) is 9.35. The Morgan fingerprint density at radius 2 is 1.87 bits per heavy atom. The van der Waals surface area contributed by atoms with Crippen molar-refractivity contribution >= 4 is 0 Å². The van der Waals surface area contributed by atoms with Crippen LogP contribution in [0.1, 0.15) is 22.9 Å². The maximum atomic E-state index is 12.2. The van der Waals surface area contributed by atoms with Crippen LogP contribution in [0.4, 0.5) is 0 Å². The van der Waals surface area contributed by atoms with Gasteiger partial charge in [0.05, 0.1) is 24.1 Å². The molecule has 1 aliphatic heterocycles. The van der Waals surface area contributed by atoms with Crippen molar-refractivity contribution in [2.75, 3.05) is 6.61 Å². The van der Waals surface area contributed by atoms with E-state index in [1.165, 1.54) is 15.4 Å². The zero-order valence-corrected chi connectivity index (χ0v) is 15.8. The Balaban J connectivity index is 1.56. The maximum Gasteiger partial charge on any atom is 0.329 e. The smallest absolute Gasteiger partial charge is 0.329 e. The predicted molar refractivity (Wildman–Crippen MR) is 103 cm³/mol. The van der Waals surface area contributed by atoms with Crippen LogP contribution in [-0.4, -0.2) is 64.8 Å². The van der Waals surface area contributed by atoms with Gasteiger partial charge in [0, 0.05) is 12.6 Å². The minimum Gasteiger partial charge on any atom is -0.394 e. The highest BCUT2D eigenvalue weighted by atomic mass is 16.6. The van der Waals surface area contributed by atoms with Crippen LogP contribution in [0.25, 0.3) is 0 Å². The summed E-state index contributed by atoms with van der Waals surface area (Å²) in [7, 11) is 0. The van der Waals surface area contributed by atoms with Crippen molar-refractivity contribution < 1.29 is 20.1 Å². The molecule has 1 saturated heterocycles. The predicted octanol–water partition coefficient (Wildman–Crippen LogP) is -1.62. The highest BCUT2D eigenvalue weighted by Gasteiger charge is 2.44. The van der Waals surface area contributed by atoms with E-state index < -0.39 is 42.3 Å². The van der Waals surface area contributed by atoms with Crippen LogP contribution in [0.2, 0.25) is 0 Å². The van der Waals surface area contributed by atoms with Gasteiger partial charge in [0.25, 0.3) is 5.56 Å². The fourth-order valence-electron chi connectivity index (χ4n) is 3.44. The van der Waals surface area contributed by atoms with Crippen molar-refractivity contribution in [1.82, 2.24) is 24.5 Å². The molecule has 3 heterocycles. The van der Waals surface area contributed by atoms with E-state index in [4.69, 9.17) is 4.74 Å². The Morgan fingerprint density at radius 1 is 1.10 bits per heavy atom. The van der Waals surface area contributed by atoms with Gasteiger partial charge in [-0.25, -0.2) is 9.48 Å². The van der Waals surface area contributed by atoms with Gasteiger partial charge >= 0.3 is 5.69 Å². The van der Waals surface area contributed by atoms with Crippen molar-refractivity contribution in [3.05, 3.63) is 80.4 Å². The summed E-state index contributed by atoms with van der Waals surface area (Å²) in [6.07, 6.45) is -1.46. The van der Waals surface area contributed by atoms with Crippen LogP contribution in [0.5, 0.6) is 0 Å². The van der Waals surface area contributed by atoms with Crippen LogP contribution in [-0.2, 0) is 17.8 Å². The number of ether oxygens (including phenoxy) is 1. The van der Waals surface area contributed by atoms with Crippen LogP contribution < -0.4 is 11.2 Å². The summed E-state index contributed by atoms with van der Waals surface area (Å²) in [6, 6.07) is 9.72. The van der Waals surface area contributed by atoms with E-state index in [0.717, 1.165) is 5.56 Å². The number of hydrogen-bond acceptors (Lipinski definition) is 8. The molecule has 0 aliphatic carbocycles. The van der Waals surface area contributed by atoms with Crippen LogP contribution in [0.3, 0.4) is 0 Å². The molecular formula is C19H21N5O6. The summed E-state index contributed by atoms with van der Waals surface area (Å²) in [6.45, 7) is -0.547. The van der Waals surface area contributed by atoms with E-state index in [9.17, 15) is 24.9 Å². The molecule has 3 aromatic rings. The van der Waals surface area contributed by atoms with Gasteiger partial charge < -0.3 is 20.1 Å². The molecule has 30 heavy (non-hydrogen) atoms. The lowest BCUT2D eigenvalue weighted by molar-refractivity contribution is -0.0233. The molecule has 0 spiro atoms. The van der Waals surface area contributed by atoms with Gasteiger partial charge in [-0.3, -0.25) is 14.3 Å². The fourth-order valence-corrected chi connectivity index (χ4v) is 3.44. The lowest BCUT2D eigenvalue weighted by atomic mass is 10.0. The first-order valence-corrected chi connectivity index (χ1v) is 9.35. The third kappa shape index (κ3) is 3.96. The number of rotatable bonds is 6. The second-order valence-corrected chi connectivity index (χ2v) is 7.13. The second kappa shape index (κ2) is 8.32. The molecular weight excluding hydrogens is 394 g/mol. The van der Waals surface area contributed by atoms with Gasteiger partial charge in [0.1, 0.15) is 31.1 Å². The van der Waals surface area contributed by atoms with E-state index >= 15 is 0 Å². The number of aromatic nitrogens is 5. The van der Waals surface area contributed by atoms with Crippen LogP contribution in [0, 0.1) is 0 Å². The standard InChI is InChI=1S/C19H21N5O6/c25-9-14-15(26)16(27)17(30-14)13-8-23(19(29)20-18(13)28)10-24-7-12(21-22-24)6-11-4-2-1-3-5-11/h1-5,7-8,14-17,25-27H,6,9-10H2,(H,20,28,29)/t14-,15?,16+,17+/m1/s1. The Morgan fingerprint density at radius 3 is 2.57 bits per heavy atom. The lowest BCUT2D eigenvalue weighted by Gasteiger charge is -2.15. The number of nitrogens with zero attached hydrogens (tertiary/aromatic N) is 4. The number of aliphatic hydroxyl groups is 3. The summed E-state index contributed by atoms with van der Waals surface area (Å²) in [4.78, 5) is 26.7. The Bertz CT molecular complexity index is 1120. The molecule has 11 heteroatoms. The molecule has 0 radical (unpaired) electrons. The average Bonchev–Trinajstić information content (AvgIpc) is 3.29. The number of benzene rings is 1. The topological polar surface area (TPSA) is 155 Å². The molecule has 4 rings (SSSR count). The Hall–Kier alpha value is -3.12. The maximum absolute atomic E-state index is 12.2. The summed E-state index contributed by atoms with van der Waals surface area (Å²) in [5, 5.41) is 37.4. The first kappa shape index (κ1) is 20.2. The molecule has 0 bridgehead atoms. The van der Waals surface area contributed by atoms with Gasteiger partial charge in [-0.15, -0.1) is 5.10 Å². The summed E-state index contributed by atoms with van der Waals surface area (Å²) >= 11 is 0. The van der Waals surface area contributed by atoms with Gasteiger partial charge in [-0.05, 0) is 5.56 Å². The van der Waals surface area contributed by atoms with Gasteiger partial charge in [-0.2, -0.15) is 0 Å². The highest BCUT2D eigenvalue weighted by molar-refractivity contribution is 5.20. The molecule has 2 aromatic heterocycles. The molecule has 4 N–H and O–H groups in total. The molecule has 0 amide bonds. The summed E-state index contributed by atoms with van der Waals surface area (Å²) in [5.74, 6) is 0. The minimum absolute atomic E-state index is 0.0286. The molecule has 1 fully saturated rings. The quantitative estimate of drug-likeness (QED) is 0.374. The number of hydrogen-bond donors (Lipinski definition) is 4. The Kier molecular flexibility index (Phi) is 5.59. The number of nitrogens with one attached hydrogen (secondary N) is 1. The lowest BCUT2D eigenvalue weighted by Crippen LogP contribution is -2.36. The normalized spacial score (nSPS) is 23.7. The van der Waals surface area contributed by atoms with Gasteiger partial charge in [0.2, 0.25) is 0 Å². The number of aromatic amines is 1. The molecule has 1 unspecified atom stereocenters. The second-order valence-electron chi connectivity index (χ2n) is 7.13. The van der Waals surface area contributed by atoms with Gasteiger partial charge in [-0.1, -0.05) is 35.5 Å².